The molecule has 1 aromatic carbocycles. The van der Waals surface area contributed by atoms with Gasteiger partial charge in [-0.3, -0.25) is 10.8 Å². The quantitative estimate of drug-likeness (QED) is 0.448. The third-order valence-corrected chi connectivity index (χ3v) is 2.57. The Morgan fingerprint density at radius 2 is 2.17 bits per heavy atom. The predicted molar refractivity (Wildman–Crippen MR) is 72.5 cm³/mol. The molecule has 0 fully saturated rings. The predicted octanol–water partition coefficient (Wildman–Crippen LogP) is 2.20. The number of hydrogen-bond donors (Lipinski definition) is 3. The molecule has 1 aromatic rings. The molecule has 8 heteroatoms. The summed E-state index contributed by atoms with van der Waals surface area (Å²) in [6, 6.07) is 6.69. The van der Waals surface area contributed by atoms with Gasteiger partial charge in [-0.05, 0) is 12.1 Å². The van der Waals surface area contributed by atoms with E-state index < -0.39 is 5.84 Å². The van der Waals surface area contributed by atoms with Crippen molar-refractivity contribution in [1.29, 1.82) is 15.9 Å². The maximum atomic E-state index is 8.95. The second-order valence-corrected chi connectivity index (χ2v) is 4.34. The monoisotopic (exact) mass is 324 g/mol. The van der Waals surface area contributed by atoms with E-state index >= 15 is 0 Å². The van der Waals surface area contributed by atoms with Crippen molar-refractivity contribution < 1.29 is 0 Å². The Bertz CT molecular complexity index is 610. The molecular formula is C10H6BrClN6. The van der Waals surface area contributed by atoms with Crippen molar-refractivity contribution in [2.24, 2.45) is 10.8 Å². The van der Waals surface area contributed by atoms with Crippen LogP contribution in [0.5, 0.6) is 0 Å². The van der Waals surface area contributed by atoms with Gasteiger partial charge in [0.2, 0.25) is 5.71 Å². The second-order valence-electron chi connectivity index (χ2n) is 3.02. The third kappa shape index (κ3) is 3.20. The van der Waals surface area contributed by atoms with Gasteiger partial charge in [-0.15, -0.1) is 0 Å². The number of nitrogens with zero attached hydrogens (tertiary/aromatic N) is 3. The van der Waals surface area contributed by atoms with Crippen LogP contribution in [0, 0.1) is 28.1 Å². The molecule has 90 valence electrons. The lowest BCUT2D eigenvalue weighted by Crippen LogP contribution is -2.22. The molecule has 18 heavy (non-hydrogen) atoms. The Labute approximate surface area is 116 Å². The van der Waals surface area contributed by atoms with Gasteiger partial charge in [0, 0.05) is 4.47 Å². The highest BCUT2D eigenvalue weighted by Crippen LogP contribution is 2.29. The summed E-state index contributed by atoms with van der Waals surface area (Å²) in [5, 5.41) is 28.6. The molecule has 0 amide bonds. The fourth-order valence-electron chi connectivity index (χ4n) is 1.03. The molecule has 0 atom stereocenters. The molecule has 0 radical (unpaired) electrons. The third-order valence-electron chi connectivity index (χ3n) is 1.82. The van der Waals surface area contributed by atoms with Crippen LogP contribution in [0.3, 0.4) is 0 Å². The molecular weight excluding hydrogens is 320 g/mol. The van der Waals surface area contributed by atoms with Crippen LogP contribution in [0.2, 0.25) is 5.02 Å². The topological polar surface area (TPSA) is 122 Å². The summed E-state index contributed by atoms with van der Waals surface area (Å²) in [6.45, 7) is 0. The first kappa shape index (κ1) is 14.0. The van der Waals surface area contributed by atoms with E-state index in [0.717, 1.165) is 0 Å². The Morgan fingerprint density at radius 1 is 1.50 bits per heavy atom. The second kappa shape index (κ2) is 6.01. The van der Waals surface area contributed by atoms with E-state index in [-0.39, 0.29) is 22.0 Å². The minimum Gasteiger partial charge on any atom is -0.382 e. The van der Waals surface area contributed by atoms with Crippen molar-refractivity contribution in [3.63, 3.8) is 0 Å². The van der Waals surface area contributed by atoms with Crippen LogP contribution in [0.4, 0.5) is 5.69 Å². The number of nitriles is 2. The number of nitrogens with two attached hydrogens (primary N) is 1. The molecule has 1 rings (SSSR count). The highest BCUT2D eigenvalue weighted by molar-refractivity contribution is 9.10. The standard InChI is InChI=1S/C10H6BrClN6/c11-6-1-5(3-13)9(7(12)2-6)18-17-8(4-14)10(15)16/h1-2,18H,(H3,15,16)/b17-8+. The molecule has 0 aromatic heterocycles. The van der Waals surface area contributed by atoms with Crippen molar-refractivity contribution in [2.75, 3.05) is 5.43 Å². The van der Waals surface area contributed by atoms with Gasteiger partial charge in [0.05, 0.1) is 16.3 Å². The molecule has 0 unspecified atom stereocenters. The van der Waals surface area contributed by atoms with Crippen LogP contribution in [0.25, 0.3) is 0 Å². The highest BCUT2D eigenvalue weighted by Gasteiger charge is 2.09. The Hall–Kier alpha value is -2.09. The fourth-order valence-corrected chi connectivity index (χ4v) is 1.88. The van der Waals surface area contributed by atoms with Crippen LogP contribution >= 0.6 is 27.5 Å². The summed E-state index contributed by atoms with van der Waals surface area (Å²) in [6.07, 6.45) is 0. The van der Waals surface area contributed by atoms with Gasteiger partial charge in [0.25, 0.3) is 0 Å². The maximum absolute atomic E-state index is 8.95. The Balaban J connectivity index is 3.18. The molecule has 4 N–H and O–H groups in total. The van der Waals surface area contributed by atoms with Gasteiger partial charge >= 0.3 is 0 Å². The summed E-state index contributed by atoms with van der Waals surface area (Å²) in [5.74, 6) is -0.475. The maximum Gasteiger partial charge on any atom is 0.201 e. The molecule has 0 bridgehead atoms. The number of halogens is 2. The van der Waals surface area contributed by atoms with Crippen molar-refractivity contribution >= 4 is 44.8 Å². The van der Waals surface area contributed by atoms with Crippen molar-refractivity contribution in [2.45, 2.75) is 0 Å². The molecule has 0 saturated heterocycles. The first-order valence-electron chi connectivity index (χ1n) is 4.47. The average Bonchev–Trinajstić information content (AvgIpc) is 2.31. The largest absolute Gasteiger partial charge is 0.382 e. The van der Waals surface area contributed by atoms with Gasteiger partial charge in [-0.2, -0.15) is 15.6 Å². The van der Waals surface area contributed by atoms with E-state index in [9.17, 15) is 0 Å². The lowest BCUT2D eigenvalue weighted by atomic mass is 10.2. The lowest BCUT2D eigenvalue weighted by Gasteiger charge is -2.06. The molecule has 0 saturated carbocycles. The average molecular weight is 326 g/mol. The van der Waals surface area contributed by atoms with Crippen LogP contribution in [0.1, 0.15) is 5.56 Å². The fraction of sp³-hybridized carbons (Fsp3) is 0. The number of hydrogen-bond acceptors (Lipinski definition) is 5. The molecule has 0 aliphatic heterocycles. The molecule has 0 aliphatic rings. The van der Waals surface area contributed by atoms with Crippen LogP contribution in [-0.2, 0) is 0 Å². The number of benzene rings is 1. The van der Waals surface area contributed by atoms with Crippen molar-refractivity contribution in [1.82, 2.24) is 0 Å². The summed E-state index contributed by atoms with van der Waals surface area (Å²) in [5.41, 5.74) is 7.79. The van der Waals surface area contributed by atoms with Crippen molar-refractivity contribution in [3.05, 3.63) is 27.2 Å². The zero-order valence-corrected chi connectivity index (χ0v) is 11.2. The van der Waals surface area contributed by atoms with E-state index in [0.29, 0.717) is 4.47 Å². The van der Waals surface area contributed by atoms with Crippen LogP contribution in [0.15, 0.2) is 21.7 Å². The summed E-state index contributed by atoms with van der Waals surface area (Å²) in [4.78, 5) is 0. The molecule has 6 nitrogen and oxygen atoms in total. The van der Waals surface area contributed by atoms with Crippen LogP contribution < -0.4 is 11.2 Å². The van der Waals surface area contributed by atoms with Crippen LogP contribution in [-0.4, -0.2) is 11.5 Å². The van der Waals surface area contributed by atoms with Gasteiger partial charge in [0.15, 0.2) is 5.84 Å². The smallest absolute Gasteiger partial charge is 0.201 e. The van der Waals surface area contributed by atoms with Gasteiger partial charge in [0.1, 0.15) is 12.1 Å². The van der Waals surface area contributed by atoms with Gasteiger partial charge in [-0.25, -0.2) is 0 Å². The zero-order chi connectivity index (χ0) is 13.7. The Morgan fingerprint density at radius 3 is 2.67 bits per heavy atom. The van der Waals surface area contributed by atoms with Gasteiger partial charge < -0.3 is 5.73 Å². The zero-order valence-electron chi connectivity index (χ0n) is 8.83. The minimum atomic E-state index is -0.475. The minimum absolute atomic E-state index is 0.247. The molecule has 0 spiro atoms. The summed E-state index contributed by atoms with van der Waals surface area (Å²) >= 11 is 9.14. The normalized spacial score (nSPS) is 10.3. The number of rotatable bonds is 3. The first-order chi connectivity index (χ1) is 8.49. The highest BCUT2D eigenvalue weighted by atomic mass is 79.9. The van der Waals surface area contributed by atoms with E-state index in [1.54, 1.807) is 18.2 Å². The Kier molecular flexibility index (Phi) is 4.67. The van der Waals surface area contributed by atoms with Crippen molar-refractivity contribution in [3.8, 4) is 12.1 Å². The van der Waals surface area contributed by atoms with E-state index in [2.05, 4.69) is 26.5 Å². The van der Waals surface area contributed by atoms with Gasteiger partial charge in [-0.1, -0.05) is 27.5 Å². The van der Waals surface area contributed by atoms with E-state index in [1.807, 2.05) is 6.07 Å². The summed E-state index contributed by atoms with van der Waals surface area (Å²) in [7, 11) is 0. The first-order valence-corrected chi connectivity index (χ1v) is 5.64. The number of anilines is 1. The number of amidine groups is 1. The number of hydrazone groups is 1. The number of nitrogens with one attached hydrogen (secondary N) is 2. The summed E-state index contributed by atoms with van der Waals surface area (Å²) < 4.78 is 0.644. The van der Waals surface area contributed by atoms with E-state index in [1.165, 1.54) is 0 Å². The molecule has 0 heterocycles. The lowest BCUT2D eigenvalue weighted by molar-refractivity contribution is 1.32. The van der Waals surface area contributed by atoms with E-state index in [4.69, 9.17) is 33.3 Å². The SMILES string of the molecule is N#C/C(=N\Nc1c(Cl)cc(Br)cc1C#N)C(=N)N. The molecule has 0 aliphatic carbocycles.